The minimum Gasteiger partial charge on any atom is -0.310 e. The van der Waals surface area contributed by atoms with Crippen molar-refractivity contribution in [2.75, 3.05) is 4.90 Å². The molecule has 0 spiro atoms. The topological polar surface area (TPSA) is 8.17 Å². The Hall–Kier alpha value is -7.42. The molecule has 0 saturated heterocycles. The van der Waals surface area contributed by atoms with E-state index in [0.29, 0.717) is 0 Å². The van der Waals surface area contributed by atoms with E-state index in [-0.39, 0.29) is 0 Å². The zero-order chi connectivity index (χ0) is 37.3. The normalized spacial score (nSPS) is 11.2. The third-order valence-electron chi connectivity index (χ3n) is 10.8. The summed E-state index contributed by atoms with van der Waals surface area (Å²) in [4.78, 5) is 2.41. The Kier molecular flexibility index (Phi) is 8.55. The number of rotatable bonds is 8. The number of benzene rings is 9. The van der Waals surface area contributed by atoms with Crippen molar-refractivity contribution in [3.05, 3.63) is 231 Å². The molecule has 0 atom stereocenters. The van der Waals surface area contributed by atoms with Crippen LogP contribution in [-0.2, 0) is 0 Å². The van der Waals surface area contributed by atoms with E-state index in [2.05, 4.69) is 240 Å². The van der Waals surface area contributed by atoms with Crippen molar-refractivity contribution in [3.63, 3.8) is 0 Å². The quantitative estimate of drug-likeness (QED) is 0.152. The molecule has 9 aromatic carbocycles. The highest BCUT2D eigenvalue weighted by Crippen LogP contribution is 2.44. The molecule has 0 unspecified atom stereocenters. The second kappa shape index (κ2) is 14.4. The van der Waals surface area contributed by atoms with Crippen LogP contribution in [0.3, 0.4) is 0 Å². The highest BCUT2D eigenvalue weighted by Gasteiger charge is 2.20. The van der Waals surface area contributed by atoms with Crippen LogP contribution in [0, 0.1) is 0 Å². The molecular formula is C54H38N2. The van der Waals surface area contributed by atoms with Gasteiger partial charge in [-0.05, 0) is 106 Å². The Morgan fingerprint density at radius 1 is 0.286 bits per heavy atom. The Morgan fingerprint density at radius 3 is 1.38 bits per heavy atom. The Bertz CT molecular complexity index is 2870. The fourth-order valence-electron chi connectivity index (χ4n) is 8.10. The zero-order valence-electron chi connectivity index (χ0n) is 30.8. The Balaban J connectivity index is 1.15. The van der Waals surface area contributed by atoms with Crippen molar-refractivity contribution in [1.82, 2.24) is 4.57 Å². The standard InChI is InChI=1S/C54H38N2/c1-5-17-39(18-6-1)43-35-44(40-19-7-2-8-20-40)37-45(36-43)41-29-31-47(32-30-41)55(52-27-15-13-25-49(52)42-21-9-3-10-22-42)48-33-34-51-50-26-14-16-28-53(50)56(54(51)38-48)46-23-11-4-12-24-46/h1-38H. The number of aromatic nitrogens is 1. The molecule has 0 N–H and O–H groups in total. The van der Waals surface area contributed by atoms with Gasteiger partial charge < -0.3 is 9.47 Å². The maximum atomic E-state index is 2.41. The van der Waals surface area contributed by atoms with E-state index in [1.807, 2.05) is 0 Å². The lowest BCUT2D eigenvalue weighted by Gasteiger charge is -2.28. The van der Waals surface area contributed by atoms with Gasteiger partial charge in [0.25, 0.3) is 0 Å². The van der Waals surface area contributed by atoms with Gasteiger partial charge in [0.1, 0.15) is 0 Å². The minimum atomic E-state index is 1.08. The summed E-state index contributed by atoms with van der Waals surface area (Å²) in [5.74, 6) is 0. The lowest BCUT2D eigenvalue weighted by Crippen LogP contribution is -2.11. The van der Waals surface area contributed by atoms with Gasteiger partial charge in [0, 0.05) is 33.4 Å². The summed E-state index contributed by atoms with van der Waals surface area (Å²) in [5, 5.41) is 2.47. The predicted octanol–water partition coefficient (Wildman–Crippen LogP) is 14.9. The number of hydrogen-bond donors (Lipinski definition) is 0. The van der Waals surface area contributed by atoms with Gasteiger partial charge in [-0.25, -0.2) is 0 Å². The summed E-state index contributed by atoms with van der Waals surface area (Å²) in [6, 6.07) is 83.1. The molecule has 10 aromatic rings. The number of hydrogen-bond acceptors (Lipinski definition) is 1. The first-order chi connectivity index (χ1) is 27.8. The number of nitrogens with zero attached hydrogens (tertiary/aromatic N) is 2. The summed E-state index contributed by atoms with van der Waals surface area (Å²) in [7, 11) is 0. The fourth-order valence-corrected chi connectivity index (χ4v) is 8.10. The van der Waals surface area contributed by atoms with Gasteiger partial charge in [0.05, 0.1) is 16.7 Å². The second-order valence-electron chi connectivity index (χ2n) is 14.2. The smallest absolute Gasteiger partial charge is 0.0561 e. The van der Waals surface area contributed by atoms with Crippen LogP contribution < -0.4 is 4.90 Å². The lowest BCUT2D eigenvalue weighted by molar-refractivity contribution is 1.18. The van der Waals surface area contributed by atoms with Crippen LogP contribution in [0.15, 0.2) is 231 Å². The van der Waals surface area contributed by atoms with Crippen molar-refractivity contribution in [2.24, 2.45) is 0 Å². The van der Waals surface area contributed by atoms with E-state index in [9.17, 15) is 0 Å². The highest BCUT2D eigenvalue weighted by molar-refractivity contribution is 6.10. The summed E-state index contributed by atoms with van der Waals surface area (Å²) in [6.45, 7) is 0. The number of para-hydroxylation sites is 3. The fraction of sp³-hybridized carbons (Fsp3) is 0. The summed E-state index contributed by atoms with van der Waals surface area (Å²) in [5.41, 5.74) is 16.3. The molecule has 0 radical (unpaired) electrons. The summed E-state index contributed by atoms with van der Waals surface area (Å²) >= 11 is 0. The first-order valence-corrected chi connectivity index (χ1v) is 19.2. The molecule has 2 nitrogen and oxygen atoms in total. The summed E-state index contributed by atoms with van der Waals surface area (Å²) in [6.07, 6.45) is 0. The average Bonchev–Trinajstić information content (AvgIpc) is 3.61. The van der Waals surface area contributed by atoms with Crippen molar-refractivity contribution < 1.29 is 0 Å². The van der Waals surface area contributed by atoms with Gasteiger partial charge in [0.15, 0.2) is 0 Å². The zero-order valence-corrected chi connectivity index (χ0v) is 30.8. The largest absolute Gasteiger partial charge is 0.310 e. The van der Waals surface area contributed by atoms with Crippen LogP contribution in [0.1, 0.15) is 0 Å². The monoisotopic (exact) mass is 714 g/mol. The SMILES string of the molecule is c1ccc(-c2cc(-c3ccccc3)cc(-c3ccc(N(c4ccc5c6ccccc6n(-c6ccccc6)c5c4)c4ccccc4-c4ccccc4)cc3)c2)cc1. The van der Waals surface area contributed by atoms with E-state index in [0.717, 1.165) is 22.7 Å². The predicted molar refractivity (Wildman–Crippen MR) is 237 cm³/mol. The second-order valence-corrected chi connectivity index (χ2v) is 14.2. The maximum Gasteiger partial charge on any atom is 0.0561 e. The molecule has 1 aromatic heterocycles. The van der Waals surface area contributed by atoms with E-state index < -0.39 is 0 Å². The molecule has 264 valence electrons. The third kappa shape index (κ3) is 6.14. The van der Waals surface area contributed by atoms with Crippen LogP contribution in [0.2, 0.25) is 0 Å². The van der Waals surface area contributed by atoms with E-state index in [4.69, 9.17) is 0 Å². The minimum absolute atomic E-state index is 1.08. The number of anilines is 3. The highest BCUT2D eigenvalue weighted by atomic mass is 15.1. The first kappa shape index (κ1) is 33.2. The molecule has 0 bridgehead atoms. The molecule has 0 aliphatic heterocycles. The van der Waals surface area contributed by atoms with Gasteiger partial charge in [-0.3, -0.25) is 0 Å². The van der Waals surface area contributed by atoms with Crippen LogP contribution in [-0.4, -0.2) is 4.57 Å². The molecule has 0 aliphatic carbocycles. The average molecular weight is 715 g/mol. The van der Waals surface area contributed by atoms with Crippen LogP contribution in [0.25, 0.3) is 72.0 Å². The van der Waals surface area contributed by atoms with Crippen LogP contribution in [0.4, 0.5) is 17.1 Å². The van der Waals surface area contributed by atoms with E-state index in [1.54, 1.807) is 0 Å². The first-order valence-electron chi connectivity index (χ1n) is 19.2. The molecule has 0 fully saturated rings. The van der Waals surface area contributed by atoms with Crippen LogP contribution in [0.5, 0.6) is 0 Å². The molecule has 56 heavy (non-hydrogen) atoms. The van der Waals surface area contributed by atoms with Crippen molar-refractivity contribution in [3.8, 4) is 50.2 Å². The van der Waals surface area contributed by atoms with Gasteiger partial charge in [-0.1, -0.05) is 164 Å². The van der Waals surface area contributed by atoms with Gasteiger partial charge in [-0.2, -0.15) is 0 Å². The number of fused-ring (bicyclic) bond motifs is 3. The van der Waals surface area contributed by atoms with E-state index in [1.165, 1.54) is 66.3 Å². The summed E-state index contributed by atoms with van der Waals surface area (Å²) < 4.78 is 2.39. The van der Waals surface area contributed by atoms with Gasteiger partial charge in [-0.15, -0.1) is 0 Å². The molecule has 0 amide bonds. The van der Waals surface area contributed by atoms with E-state index >= 15 is 0 Å². The molecule has 2 heteroatoms. The van der Waals surface area contributed by atoms with Gasteiger partial charge in [0.2, 0.25) is 0 Å². The lowest BCUT2D eigenvalue weighted by atomic mass is 9.93. The molecule has 10 rings (SSSR count). The van der Waals surface area contributed by atoms with Crippen LogP contribution >= 0.6 is 0 Å². The molecular weight excluding hydrogens is 677 g/mol. The molecule has 0 aliphatic rings. The third-order valence-corrected chi connectivity index (χ3v) is 10.8. The molecule has 1 heterocycles. The van der Waals surface area contributed by atoms with Gasteiger partial charge >= 0.3 is 0 Å². The van der Waals surface area contributed by atoms with Crippen molar-refractivity contribution in [1.29, 1.82) is 0 Å². The Labute approximate surface area is 327 Å². The Morgan fingerprint density at radius 2 is 0.750 bits per heavy atom. The van der Waals surface area contributed by atoms with Crippen molar-refractivity contribution in [2.45, 2.75) is 0 Å². The maximum absolute atomic E-state index is 2.41. The molecule has 0 saturated carbocycles. The van der Waals surface area contributed by atoms with Crippen molar-refractivity contribution >= 4 is 38.9 Å².